The van der Waals surface area contributed by atoms with Gasteiger partial charge in [0.25, 0.3) is 0 Å². The average molecular weight is 226 g/mol. The van der Waals surface area contributed by atoms with Crippen molar-refractivity contribution in [2.75, 3.05) is 0 Å². The van der Waals surface area contributed by atoms with Gasteiger partial charge in [0.2, 0.25) is 0 Å². The van der Waals surface area contributed by atoms with Crippen molar-refractivity contribution in [2.24, 2.45) is 23.2 Å². The molecule has 1 saturated carbocycles. The highest BCUT2D eigenvalue weighted by atomic mass is 16.3. The van der Waals surface area contributed by atoms with E-state index in [-0.39, 0.29) is 6.10 Å². The number of hydrogen-bond donors (Lipinski definition) is 1. The van der Waals surface area contributed by atoms with Gasteiger partial charge in [-0.2, -0.15) is 0 Å². The van der Waals surface area contributed by atoms with Crippen molar-refractivity contribution < 1.29 is 5.11 Å². The van der Waals surface area contributed by atoms with Crippen molar-refractivity contribution in [3.63, 3.8) is 0 Å². The summed E-state index contributed by atoms with van der Waals surface area (Å²) in [5, 5.41) is 9.40. The Morgan fingerprint density at radius 1 is 1.25 bits per heavy atom. The van der Waals surface area contributed by atoms with Gasteiger partial charge in [-0.05, 0) is 55.8 Å². The maximum Gasteiger partial charge on any atom is 0.0512 e. The highest BCUT2D eigenvalue weighted by Gasteiger charge is 2.33. The molecule has 0 spiro atoms. The van der Waals surface area contributed by atoms with Gasteiger partial charge in [0, 0.05) is 0 Å². The molecule has 0 saturated heterocycles. The molecule has 0 heterocycles. The summed E-state index contributed by atoms with van der Waals surface area (Å²) in [5.41, 5.74) is 0.462. The molecule has 0 amide bonds. The lowest BCUT2D eigenvalue weighted by Crippen LogP contribution is -2.31. The molecule has 1 rings (SSSR count). The van der Waals surface area contributed by atoms with Crippen molar-refractivity contribution >= 4 is 0 Å². The molecule has 1 aliphatic rings. The summed E-state index contributed by atoms with van der Waals surface area (Å²) >= 11 is 0. The van der Waals surface area contributed by atoms with Crippen LogP contribution in [0.4, 0.5) is 0 Å². The maximum absolute atomic E-state index is 9.40. The number of hydrogen-bond acceptors (Lipinski definition) is 1. The molecular weight excluding hydrogens is 196 g/mol. The fraction of sp³-hybridized carbons (Fsp3) is 1.00. The van der Waals surface area contributed by atoms with Gasteiger partial charge in [0.1, 0.15) is 0 Å². The largest absolute Gasteiger partial charge is 0.393 e. The highest BCUT2D eigenvalue weighted by molar-refractivity contribution is 4.84. The van der Waals surface area contributed by atoms with Crippen molar-refractivity contribution in [2.45, 2.75) is 72.8 Å². The SMILES string of the molecule is CC(O)CCC1CC(C(C)(C)C)CCC1C. The molecule has 1 fully saturated rings. The molecule has 0 aliphatic heterocycles. The van der Waals surface area contributed by atoms with Gasteiger partial charge in [-0.3, -0.25) is 0 Å². The summed E-state index contributed by atoms with van der Waals surface area (Å²) in [5.74, 6) is 2.58. The summed E-state index contributed by atoms with van der Waals surface area (Å²) in [6.07, 6.45) is 6.22. The van der Waals surface area contributed by atoms with Gasteiger partial charge < -0.3 is 5.11 Å². The first-order valence-corrected chi connectivity index (χ1v) is 6.98. The summed E-state index contributed by atoms with van der Waals surface area (Å²) in [4.78, 5) is 0. The molecule has 0 aromatic carbocycles. The van der Waals surface area contributed by atoms with Gasteiger partial charge in [0.05, 0.1) is 6.10 Å². The normalized spacial score (nSPS) is 33.8. The molecular formula is C15H30O. The van der Waals surface area contributed by atoms with Crippen LogP contribution < -0.4 is 0 Å². The monoisotopic (exact) mass is 226 g/mol. The first-order valence-electron chi connectivity index (χ1n) is 6.98. The van der Waals surface area contributed by atoms with Gasteiger partial charge in [0.15, 0.2) is 0 Å². The lowest BCUT2D eigenvalue weighted by molar-refractivity contribution is 0.0876. The Labute approximate surface area is 102 Å². The summed E-state index contributed by atoms with van der Waals surface area (Å²) in [7, 11) is 0. The number of aliphatic hydroxyl groups is 1. The molecule has 96 valence electrons. The van der Waals surface area contributed by atoms with E-state index in [1.807, 2.05) is 6.92 Å². The topological polar surface area (TPSA) is 20.2 Å². The Bertz CT molecular complexity index is 202. The van der Waals surface area contributed by atoms with E-state index in [1.165, 1.54) is 25.7 Å². The van der Waals surface area contributed by atoms with E-state index in [2.05, 4.69) is 27.7 Å². The van der Waals surface area contributed by atoms with E-state index >= 15 is 0 Å². The van der Waals surface area contributed by atoms with Crippen LogP contribution in [0.1, 0.15) is 66.7 Å². The predicted octanol–water partition coefficient (Wildman–Crippen LogP) is 4.25. The minimum Gasteiger partial charge on any atom is -0.393 e. The predicted molar refractivity (Wildman–Crippen MR) is 70.4 cm³/mol. The van der Waals surface area contributed by atoms with Crippen LogP contribution in [-0.2, 0) is 0 Å². The van der Waals surface area contributed by atoms with Crippen LogP contribution in [0.3, 0.4) is 0 Å². The Kier molecular flexibility index (Phi) is 4.85. The van der Waals surface area contributed by atoms with E-state index in [0.29, 0.717) is 5.41 Å². The Morgan fingerprint density at radius 3 is 2.38 bits per heavy atom. The quantitative estimate of drug-likeness (QED) is 0.763. The van der Waals surface area contributed by atoms with E-state index in [1.54, 1.807) is 0 Å². The Hall–Kier alpha value is -0.0400. The van der Waals surface area contributed by atoms with Gasteiger partial charge in [-0.15, -0.1) is 0 Å². The van der Waals surface area contributed by atoms with Crippen LogP contribution >= 0.6 is 0 Å². The average Bonchev–Trinajstić information content (AvgIpc) is 2.14. The third-order valence-electron chi connectivity index (χ3n) is 4.54. The highest BCUT2D eigenvalue weighted by Crippen LogP contribution is 2.44. The molecule has 0 aromatic heterocycles. The standard InChI is InChI=1S/C15H30O/c1-11-6-9-14(15(3,4)5)10-13(11)8-7-12(2)16/h11-14,16H,6-10H2,1-5H3. The van der Waals surface area contributed by atoms with Crippen molar-refractivity contribution in [1.29, 1.82) is 0 Å². The minimum atomic E-state index is -0.123. The molecule has 1 heteroatoms. The first kappa shape index (κ1) is 14.0. The molecule has 0 bridgehead atoms. The maximum atomic E-state index is 9.40. The molecule has 0 aromatic rings. The van der Waals surface area contributed by atoms with Crippen molar-refractivity contribution in [1.82, 2.24) is 0 Å². The summed E-state index contributed by atoms with van der Waals surface area (Å²) in [6.45, 7) is 11.4. The van der Waals surface area contributed by atoms with Crippen LogP contribution in [0.5, 0.6) is 0 Å². The third-order valence-corrected chi connectivity index (χ3v) is 4.54. The first-order chi connectivity index (χ1) is 7.30. The Balaban J connectivity index is 2.48. The van der Waals surface area contributed by atoms with Crippen molar-refractivity contribution in [3.8, 4) is 0 Å². The van der Waals surface area contributed by atoms with E-state index < -0.39 is 0 Å². The number of aliphatic hydroxyl groups excluding tert-OH is 1. The zero-order chi connectivity index (χ0) is 12.3. The molecule has 1 aliphatic carbocycles. The third kappa shape index (κ3) is 4.08. The molecule has 1 N–H and O–H groups in total. The number of rotatable bonds is 3. The van der Waals surface area contributed by atoms with Crippen LogP contribution in [0.2, 0.25) is 0 Å². The summed E-state index contributed by atoms with van der Waals surface area (Å²) in [6, 6.07) is 0. The lowest BCUT2D eigenvalue weighted by Gasteiger charge is -2.41. The summed E-state index contributed by atoms with van der Waals surface area (Å²) < 4.78 is 0. The second-order valence-electron chi connectivity index (χ2n) is 7.04. The van der Waals surface area contributed by atoms with Gasteiger partial charge >= 0.3 is 0 Å². The van der Waals surface area contributed by atoms with Crippen LogP contribution in [0.15, 0.2) is 0 Å². The molecule has 4 atom stereocenters. The van der Waals surface area contributed by atoms with Crippen LogP contribution in [0, 0.1) is 23.2 Å². The molecule has 1 nitrogen and oxygen atoms in total. The van der Waals surface area contributed by atoms with E-state index in [4.69, 9.17) is 0 Å². The smallest absolute Gasteiger partial charge is 0.0512 e. The zero-order valence-corrected chi connectivity index (χ0v) is 11.8. The van der Waals surface area contributed by atoms with Gasteiger partial charge in [-0.1, -0.05) is 34.1 Å². The second kappa shape index (κ2) is 5.53. The fourth-order valence-electron chi connectivity index (χ4n) is 3.06. The van der Waals surface area contributed by atoms with Gasteiger partial charge in [-0.25, -0.2) is 0 Å². The minimum absolute atomic E-state index is 0.123. The molecule has 0 radical (unpaired) electrons. The van der Waals surface area contributed by atoms with Crippen LogP contribution in [-0.4, -0.2) is 11.2 Å². The lowest BCUT2D eigenvalue weighted by atomic mass is 9.65. The second-order valence-corrected chi connectivity index (χ2v) is 7.04. The van der Waals surface area contributed by atoms with E-state index in [9.17, 15) is 5.11 Å². The zero-order valence-electron chi connectivity index (χ0n) is 11.8. The molecule has 16 heavy (non-hydrogen) atoms. The van der Waals surface area contributed by atoms with E-state index in [0.717, 1.165) is 24.2 Å². The fourth-order valence-corrected chi connectivity index (χ4v) is 3.06. The molecule has 4 unspecified atom stereocenters. The van der Waals surface area contributed by atoms with Crippen molar-refractivity contribution in [3.05, 3.63) is 0 Å². The van der Waals surface area contributed by atoms with Crippen LogP contribution in [0.25, 0.3) is 0 Å². The Morgan fingerprint density at radius 2 is 1.88 bits per heavy atom.